The first-order chi connectivity index (χ1) is 16.0. The Kier molecular flexibility index (Phi) is 9.53. The number of nitrogens with two attached hydrogens (primary N) is 2. The van der Waals surface area contributed by atoms with Crippen LogP contribution in [0.2, 0.25) is 0 Å². The van der Waals surface area contributed by atoms with Crippen LogP contribution in [-0.2, 0) is 0 Å². The van der Waals surface area contributed by atoms with Crippen molar-refractivity contribution in [1.29, 1.82) is 10.8 Å². The van der Waals surface area contributed by atoms with Crippen molar-refractivity contribution in [3.63, 3.8) is 0 Å². The molecule has 0 saturated carbocycles. The molecule has 3 rings (SSSR count). The molecule has 1 fully saturated rings. The third-order valence-electron chi connectivity index (χ3n) is 5.83. The number of hydrogen-bond acceptors (Lipinski definition) is 6. The second-order valence-electron chi connectivity index (χ2n) is 8.35. The molecular weight excluding hydrogens is 416 g/mol. The van der Waals surface area contributed by atoms with E-state index < -0.39 is 0 Å². The predicted octanol–water partition coefficient (Wildman–Crippen LogP) is 2.55. The molecule has 1 heterocycles. The molecule has 178 valence electrons. The zero-order chi connectivity index (χ0) is 23.5. The van der Waals surface area contributed by atoms with Crippen molar-refractivity contribution in [3.05, 3.63) is 59.7 Å². The lowest BCUT2D eigenvalue weighted by Gasteiger charge is -2.32. The van der Waals surface area contributed by atoms with Gasteiger partial charge >= 0.3 is 0 Å². The number of nitrogen functional groups attached to an aromatic ring is 2. The smallest absolute Gasteiger partial charge is 0.122 e. The number of likely N-dealkylation sites (tertiary alicyclic amines) is 1. The van der Waals surface area contributed by atoms with Gasteiger partial charge in [0, 0.05) is 23.7 Å². The van der Waals surface area contributed by atoms with Crippen molar-refractivity contribution in [2.45, 2.75) is 31.7 Å². The van der Waals surface area contributed by atoms with E-state index in [1.165, 1.54) is 12.8 Å². The van der Waals surface area contributed by atoms with Crippen molar-refractivity contribution >= 4 is 11.7 Å². The molecule has 2 aromatic rings. The molecule has 8 nitrogen and oxygen atoms in total. The zero-order valence-corrected chi connectivity index (χ0v) is 19.2. The minimum absolute atomic E-state index is 0.0717. The van der Waals surface area contributed by atoms with Gasteiger partial charge in [0.05, 0.1) is 13.2 Å². The number of piperidine rings is 1. The highest BCUT2D eigenvalue weighted by molar-refractivity contribution is 5.95. The lowest BCUT2D eigenvalue weighted by molar-refractivity contribution is 0.181. The number of nitrogens with zero attached hydrogens (tertiary/aromatic N) is 1. The van der Waals surface area contributed by atoms with Gasteiger partial charge < -0.3 is 31.2 Å². The summed E-state index contributed by atoms with van der Waals surface area (Å²) in [5, 5.41) is 18.5. The topological polar surface area (TPSA) is 133 Å². The van der Waals surface area contributed by atoms with Crippen molar-refractivity contribution < 1.29 is 9.47 Å². The summed E-state index contributed by atoms with van der Waals surface area (Å²) in [6.45, 7) is 5.59. The van der Waals surface area contributed by atoms with E-state index >= 15 is 0 Å². The summed E-state index contributed by atoms with van der Waals surface area (Å²) >= 11 is 0. The van der Waals surface area contributed by atoms with E-state index in [1.54, 1.807) is 0 Å². The number of benzene rings is 2. The molecule has 0 unspecified atom stereocenters. The summed E-state index contributed by atoms with van der Waals surface area (Å²) in [6.07, 6.45) is 4.29. The van der Waals surface area contributed by atoms with Crippen LogP contribution in [0.4, 0.5) is 0 Å². The Labute approximate surface area is 196 Å². The molecule has 2 aromatic carbocycles. The van der Waals surface area contributed by atoms with Crippen molar-refractivity contribution in [3.8, 4) is 11.5 Å². The first kappa shape index (κ1) is 24.5. The van der Waals surface area contributed by atoms with Crippen LogP contribution in [0, 0.1) is 10.8 Å². The van der Waals surface area contributed by atoms with E-state index in [0.29, 0.717) is 30.4 Å². The molecular formula is C25H36N6O2. The van der Waals surface area contributed by atoms with E-state index in [9.17, 15) is 0 Å². The number of rotatable bonds is 13. The van der Waals surface area contributed by atoms with Gasteiger partial charge in [-0.15, -0.1) is 0 Å². The highest BCUT2D eigenvalue weighted by Gasteiger charge is 2.18. The molecule has 7 N–H and O–H groups in total. The zero-order valence-electron chi connectivity index (χ0n) is 19.2. The van der Waals surface area contributed by atoms with E-state index in [0.717, 1.165) is 50.5 Å². The molecule has 0 amide bonds. The van der Waals surface area contributed by atoms with Gasteiger partial charge in [-0.1, -0.05) is 0 Å². The molecule has 0 spiro atoms. The minimum atomic E-state index is 0.0717. The second-order valence-corrected chi connectivity index (χ2v) is 8.35. The van der Waals surface area contributed by atoms with Crippen LogP contribution in [0.1, 0.15) is 36.8 Å². The minimum Gasteiger partial charge on any atom is -0.494 e. The van der Waals surface area contributed by atoms with Crippen molar-refractivity contribution in [2.75, 3.05) is 39.4 Å². The molecule has 0 aliphatic carbocycles. The summed E-state index contributed by atoms with van der Waals surface area (Å²) < 4.78 is 11.6. The van der Waals surface area contributed by atoms with Gasteiger partial charge in [0.2, 0.25) is 0 Å². The van der Waals surface area contributed by atoms with Crippen LogP contribution in [0.5, 0.6) is 11.5 Å². The largest absolute Gasteiger partial charge is 0.494 e. The van der Waals surface area contributed by atoms with Gasteiger partial charge in [0.25, 0.3) is 0 Å². The molecule has 0 bridgehead atoms. The summed E-state index contributed by atoms with van der Waals surface area (Å²) in [6, 6.07) is 15.3. The number of nitrogens with one attached hydrogen (secondary N) is 3. The van der Waals surface area contributed by atoms with Gasteiger partial charge in [-0.25, -0.2) is 0 Å². The Morgan fingerprint density at radius 2 is 1.30 bits per heavy atom. The molecule has 0 atom stereocenters. The maximum atomic E-state index is 7.42. The highest BCUT2D eigenvalue weighted by atomic mass is 16.5. The number of amidine groups is 2. The molecule has 8 heteroatoms. The Morgan fingerprint density at radius 1 is 0.818 bits per heavy atom. The SMILES string of the molecule is N=C(N)c1ccc(OCCCNC2CCN(CCCOc3ccc(C(=N)N)cc3)CC2)cc1. The Hall–Kier alpha value is -3.10. The molecule has 1 saturated heterocycles. The van der Waals surface area contributed by atoms with E-state index in [1.807, 2.05) is 48.5 Å². The number of hydrogen-bond donors (Lipinski definition) is 5. The summed E-state index contributed by atoms with van der Waals surface area (Å²) in [5.74, 6) is 1.78. The van der Waals surface area contributed by atoms with Gasteiger partial charge in [-0.3, -0.25) is 10.8 Å². The third-order valence-corrected chi connectivity index (χ3v) is 5.83. The normalized spacial score (nSPS) is 14.7. The number of ether oxygens (including phenoxy) is 2. The van der Waals surface area contributed by atoms with Crippen LogP contribution in [0.3, 0.4) is 0 Å². The first-order valence-corrected chi connectivity index (χ1v) is 11.6. The van der Waals surface area contributed by atoms with E-state index in [4.69, 9.17) is 31.8 Å². The average Bonchev–Trinajstić information content (AvgIpc) is 2.83. The Balaban J connectivity index is 1.20. The van der Waals surface area contributed by atoms with E-state index in [-0.39, 0.29) is 11.7 Å². The fourth-order valence-electron chi connectivity index (χ4n) is 3.87. The second kappa shape index (κ2) is 12.8. The van der Waals surface area contributed by atoms with Crippen LogP contribution in [0.25, 0.3) is 0 Å². The van der Waals surface area contributed by atoms with E-state index in [2.05, 4.69) is 10.2 Å². The lowest BCUT2D eigenvalue weighted by Crippen LogP contribution is -2.43. The Bertz CT molecular complexity index is 877. The Morgan fingerprint density at radius 3 is 1.79 bits per heavy atom. The van der Waals surface area contributed by atoms with Crippen LogP contribution < -0.4 is 26.3 Å². The maximum absolute atomic E-state index is 7.42. The summed E-state index contributed by atoms with van der Waals surface area (Å²) in [7, 11) is 0. The summed E-state index contributed by atoms with van der Waals surface area (Å²) in [4.78, 5) is 2.51. The van der Waals surface area contributed by atoms with Crippen LogP contribution in [0.15, 0.2) is 48.5 Å². The average molecular weight is 453 g/mol. The highest BCUT2D eigenvalue weighted by Crippen LogP contribution is 2.14. The van der Waals surface area contributed by atoms with Gasteiger partial charge in [-0.2, -0.15) is 0 Å². The van der Waals surface area contributed by atoms with Gasteiger partial charge in [-0.05, 0) is 93.8 Å². The van der Waals surface area contributed by atoms with Crippen LogP contribution in [-0.4, -0.2) is 62.0 Å². The molecule has 0 radical (unpaired) electrons. The standard InChI is InChI=1S/C25H36N6O2/c26-24(27)19-3-7-22(8-4-19)32-17-1-13-30-21-11-15-31(16-12-21)14-2-18-33-23-9-5-20(6-10-23)25(28)29/h3-10,21,30H,1-2,11-18H2,(H3,26,27)(H3,28,29). The molecule has 1 aliphatic rings. The fraction of sp³-hybridized carbons (Fsp3) is 0.440. The van der Waals surface area contributed by atoms with Gasteiger partial charge in [0.15, 0.2) is 0 Å². The molecule has 0 aromatic heterocycles. The summed E-state index contributed by atoms with van der Waals surface area (Å²) in [5.41, 5.74) is 12.4. The van der Waals surface area contributed by atoms with Crippen molar-refractivity contribution in [1.82, 2.24) is 10.2 Å². The fourth-order valence-corrected chi connectivity index (χ4v) is 3.87. The van der Waals surface area contributed by atoms with Crippen LogP contribution >= 0.6 is 0 Å². The van der Waals surface area contributed by atoms with Crippen molar-refractivity contribution in [2.24, 2.45) is 11.5 Å². The molecule has 1 aliphatic heterocycles. The quantitative estimate of drug-likeness (QED) is 0.180. The lowest BCUT2D eigenvalue weighted by atomic mass is 10.0. The van der Waals surface area contributed by atoms with Gasteiger partial charge in [0.1, 0.15) is 23.2 Å². The molecule has 33 heavy (non-hydrogen) atoms. The third kappa shape index (κ3) is 8.40. The first-order valence-electron chi connectivity index (χ1n) is 11.6. The maximum Gasteiger partial charge on any atom is 0.122 e. The predicted molar refractivity (Wildman–Crippen MR) is 133 cm³/mol. The monoisotopic (exact) mass is 452 g/mol.